The third-order valence-corrected chi connectivity index (χ3v) is 3.95. The Kier molecular flexibility index (Phi) is 4.85. The van der Waals surface area contributed by atoms with Crippen LogP contribution in [-0.4, -0.2) is 22.6 Å². The van der Waals surface area contributed by atoms with E-state index in [0.29, 0.717) is 23.7 Å². The first-order valence-corrected chi connectivity index (χ1v) is 8.26. The predicted octanol–water partition coefficient (Wildman–Crippen LogP) is 4.07. The van der Waals surface area contributed by atoms with Gasteiger partial charge in [0.2, 0.25) is 0 Å². The third-order valence-electron chi connectivity index (χ3n) is 3.95. The topological polar surface area (TPSA) is 54.9 Å². The smallest absolute Gasteiger partial charge is 0.254 e. The lowest BCUT2D eigenvalue weighted by atomic mass is 10.0. The van der Waals surface area contributed by atoms with Crippen LogP contribution in [0.25, 0.3) is 22.2 Å². The number of benzene rings is 2. The lowest BCUT2D eigenvalue weighted by Gasteiger charge is -2.12. The molecule has 2 aromatic carbocycles. The molecule has 0 unspecified atom stereocenters. The zero-order valence-electron chi connectivity index (χ0n) is 14.0. The number of nitrogens with one attached hydrogen (secondary N) is 1. The van der Waals surface area contributed by atoms with Gasteiger partial charge in [0.1, 0.15) is 5.69 Å². The molecule has 1 heterocycles. The zero-order chi connectivity index (χ0) is 16.9. The molecule has 122 valence electrons. The second kappa shape index (κ2) is 7.21. The SMILES string of the molecule is CC(C)CCNC(=O)c1c(-c2ccccc2)nnc2ccccc12. The molecule has 4 heteroatoms. The number of carbonyl (C=O) groups excluding carboxylic acids is 1. The fourth-order valence-corrected chi connectivity index (χ4v) is 2.64. The largest absolute Gasteiger partial charge is 0.352 e. The molecule has 0 saturated carbocycles. The zero-order valence-corrected chi connectivity index (χ0v) is 14.0. The molecule has 3 rings (SSSR count). The van der Waals surface area contributed by atoms with Gasteiger partial charge in [0.25, 0.3) is 5.91 Å². The van der Waals surface area contributed by atoms with Crippen molar-refractivity contribution in [1.29, 1.82) is 0 Å². The normalized spacial score (nSPS) is 11.0. The fraction of sp³-hybridized carbons (Fsp3) is 0.250. The van der Waals surface area contributed by atoms with Crippen LogP contribution < -0.4 is 5.32 Å². The van der Waals surface area contributed by atoms with Crippen LogP contribution in [0.3, 0.4) is 0 Å². The minimum atomic E-state index is -0.0967. The Morgan fingerprint density at radius 1 is 1.00 bits per heavy atom. The summed E-state index contributed by atoms with van der Waals surface area (Å²) < 4.78 is 0. The van der Waals surface area contributed by atoms with Gasteiger partial charge in [-0.3, -0.25) is 4.79 Å². The van der Waals surface area contributed by atoms with E-state index in [-0.39, 0.29) is 5.91 Å². The Balaban J connectivity index is 2.06. The van der Waals surface area contributed by atoms with Crippen LogP contribution in [0.4, 0.5) is 0 Å². The quantitative estimate of drug-likeness (QED) is 0.771. The Bertz CT molecular complexity index is 844. The summed E-state index contributed by atoms with van der Waals surface area (Å²) in [5.74, 6) is 0.451. The second-order valence-electron chi connectivity index (χ2n) is 6.25. The van der Waals surface area contributed by atoms with Gasteiger partial charge in [0.15, 0.2) is 0 Å². The number of fused-ring (bicyclic) bond motifs is 1. The molecule has 24 heavy (non-hydrogen) atoms. The van der Waals surface area contributed by atoms with Crippen molar-refractivity contribution in [2.75, 3.05) is 6.54 Å². The Morgan fingerprint density at radius 3 is 2.46 bits per heavy atom. The van der Waals surface area contributed by atoms with Gasteiger partial charge in [-0.2, -0.15) is 0 Å². The molecule has 0 radical (unpaired) electrons. The molecule has 0 spiro atoms. The number of hydrogen-bond donors (Lipinski definition) is 1. The first kappa shape index (κ1) is 16.1. The average Bonchev–Trinajstić information content (AvgIpc) is 2.61. The molecule has 3 aromatic rings. The van der Waals surface area contributed by atoms with Crippen LogP contribution in [0.1, 0.15) is 30.6 Å². The highest BCUT2D eigenvalue weighted by atomic mass is 16.1. The highest BCUT2D eigenvalue weighted by molar-refractivity contribution is 6.10. The van der Waals surface area contributed by atoms with Crippen LogP contribution in [0.2, 0.25) is 0 Å². The predicted molar refractivity (Wildman–Crippen MR) is 96.8 cm³/mol. The van der Waals surface area contributed by atoms with E-state index in [1.165, 1.54) is 0 Å². The van der Waals surface area contributed by atoms with Crippen molar-refractivity contribution in [2.45, 2.75) is 20.3 Å². The number of nitrogens with zero attached hydrogens (tertiary/aromatic N) is 2. The summed E-state index contributed by atoms with van der Waals surface area (Å²) in [6.07, 6.45) is 0.947. The minimum absolute atomic E-state index is 0.0967. The van der Waals surface area contributed by atoms with Gasteiger partial charge < -0.3 is 5.32 Å². The van der Waals surface area contributed by atoms with Gasteiger partial charge in [0, 0.05) is 17.5 Å². The van der Waals surface area contributed by atoms with Crippen molar-refractivity contribution < 1.29 is 4.79 Å². The number of carbonyl (C=O) groups is 1. The van der Waals surface area contributed by atoms with Crippen molar-refractivity contribution in [2.24, 2.45) is 5.92 Å². The number of aromatic nitrogens is 2. The number of hydrogen-bond acceptors (Lipinski definition) is 3. The Labute approximate surface area is 141 Å². The van der Waals surface area contributed by atoms with E-state index in [4.69, 9.17) is 0 Å². The van der Waals surface area contributed by atoms with E-state index in [0.717, 1.165) is 22.9 Å². The van der Waals surface area contributed by atoms with E-state index >= 15 is 0 Å². The van der Waals surface area contributed by atoms with Gasteiger partial charge >= 0.3 is 0 Å². The van der Waals surface area contributed by atoms with Crippen molar-refractivity contribution in [3.63, 3.8) is 0 Å². The maximum atomic E-state index is 12.9. The summed E-state index contributed by atoms with van der Waals surface area (Å²) in [7, 11) is 0. The summed E-state index contributed by atoms with van der Waals surface area (Å²) in [4.78, 5) is 12.9. The molecule has 0 aliphatic carbocycles. The number of amides is 1. The van der Waals surface area contributed by atoms with Gasteiger partial charge in [-0.15, -0.1) is 10.2 Å². The minimum Gasteiger partial charge on any atom is -0.352 e. The van der Waals surface area contributed by atoms with E-state index in [2.05, 4.69) is 29.4 Å². The van der Waals surface area contributed by atoms with Crippen molar-refractivity contribution in [1.82, 2.24) is 15.5 Å². The molecule has 0 fully saturated rings. The maximum absolute atomic E-state index is 12.9. The van der Waals surface area contributed by atoms with Crippen LogP contribution in [-0.2, 0) is 0 Å². The van der Waals surface area contributed by atoms with Crippen molar-refractivity contribution in [3.8, 4) is 11.3 Å². The van der Waals surface area contributed by atoms with Crippen LogP contribution >= 0.6 is 0 Å². The highest BCUT2D eigenvalue weighted by Gasteiger charge is 2.18. The molecule has 0 bridgehead atoms. The lowest BCUT2D eigenvalue weighted by molar-refractivity contribution is 0.0954. The Hall–Kier alpha value is -2.75. The molecule has 1 N–H and O–H groups in total. The summed E-state index contributed by atoms with van der Waals surface area (Å²) in [5.41, 5.74) is 2.84. The maximum Gasteiger partial charge on any atom is 0.254 e. The fourth-order valence-electron chi connectivity index (χ4n) is 2.64. The Morgan fingerprint density at radius 2 is 1.71 bits per heavy atom. The van der Waals surface area contributed by atoms with Gasteiger partial charge in [-0.05, 0) is 18.4 Å². The van der Waals surface area contributed by atoms with E-state index in [1.807, 2.05) is 54.6 Å². The second-order valence-corrected chi connectivity index (χ2v) is 6.25. The van der Waals surface area contributed by atoms with Crippen LogP contribution in [0, 0.1) is 5.92 Å². The third kappa shape index (κ3) is 3.43. The molecule has 1 aromatic heterocycles. The average molecular weight is 319 g/mol. The molecular formula is C20H21N3O. The first-order chi connectivity index (χ1) is 11.7. The van der Waals surface area contributed by atoms with E-state index in [1.54, 1.807) is 0 Å². The van der Waals surface area contributed by atoms with Gasteiger partial charge in [0.05, 0.1) is 11.1 Å². The monoisotopic (exact) mass is 319 g/mol. The molecular weight excluding hydrogens is 298 g/mol. The highest BCUT2D eigenvalue weighted by Crippen LogP contribution is 2.26. The molecule has 1 amide bonds. The van der Waals surface area contributed by atoms with E-state index < -0.39 is 0 Å². The van der Waals surface area contributed by atoms with Gasteiger partial charge in [-0.1, -0.05) is 62.4 Å². The van der Waals surface area contributed by atoms with Crippen LogP contribution in [0.5, 0.6) is 0 Å². The molecule has 0 aliphatic rings. The molecule has 0 aliphatic heterocycles. The lowest BCUT2D eigenvalue weighted by Crippen LogP contribution is -2.26. The van der Waals surface area contributed by atoms with Gasteiger partial charge in [-0.25, -0.2) is 0 Å². The number of rotatable bonds is 5. The summed E-state index contributed by atoms with van der Waals surface area (Å²) >= 11 is 0. The molecule has 0 atom stereocenters. The van der Waals surface area contributed by atoms with Crippen molar-refractivity contribution in [3.05, 3.63) is 60.2 Å². The summed E-state index contributed by atoms with van der Waals surface area (Å²) in [6.45, 7) is 4.94. The van der Waals surface area contributed by atoms with Crippen molar-refractivity contribution >= 4 is 16.8 Å². The van der Waals surface area contributed by atoms with E-state index in [9.17, 15) is 4.79 Å². The van der Waals surface area contributed by atoms with Crippen LogP contribution in [0.15, 0.2) is 54.6 Å². The standard InChI is InChI=1S/C20H21N3O/c1-14(2)12-13-21-20(24)18-16-10-6-7-11-17(16)22-23-19(18)15-8-4-3-5-9-15/h3-11,14H,12-13H2,1-2H3,(H,21,24). The molecule has 0 saturated heterocycles. The summed E-state index contributed by atoms with van der Waals surface area (Å²) in [5, 5.41) is 12.5. The first-order valence-electron chi connectivity index (χ1n) is 8.26. The molecule has 4 nitrogen and oxygen atoms in total. The summed E-state index contributed by atoms with van der Waals surface area (Å²) in [6, 6.07) is 17.3.